The normalized spacial score (nSPS) is 25.2. The van der Waals surface area contributed by atoms with E-state index < -0.39 is 15.6 Å². The maximum Gasteiger partial charge on any atom is 0.246 e. The van der Waals surface area contributed by atoms with E-state index in [1.54, 1.807) is 18.3 Å². The average Bonchev–Trinajstić information content (AvgIpc) is 2.76. The molecule has 2 aliphatic heterocycles. The second-order valence-corrected chi connectivity index (χ2v) is 8.77. The van der Waals surface area contributed by atoms with Crippen molar-refractivity contribution in [2.75, 3.05) is 26.2 Å². The summed E-state index contributed by atoms with van der Waals surface area (Å²) in [6.45, 7) is 2.89. The highest BCUT2D eigenvalue weighted by Gasteiger charge is 2.42. The van der Waals surface area contributed by atoms with Crippen LogP contribution in [0.25, 0.3) is 0 Å². The Morgan fingerprint density at radius 3 is 2.88 bits per heavy atom. The Bertz CT molecular complexity index is 873. The van der Waals surface area contributed by atoms with Crippen LogP contribution in [0.3, 0.4) is 0 Å². The minimum Gasteiger partial charge on any atom is -0.467 e. The van der Waals surface area contributed by atoms with Crippen molar-refractivity contribution in [2.45, 2.75) is 29.8 Å². The third-order valence-electron chi connectivity index (χ3n) is 5.10. The number of nitrogens with zero attached hydrogens (tertiary/aromatic N) is 2. The maximum atomic E-state index is 12.5. The molecule has 1 fully saturated rings. The molecule has 1 unspecified atom stereocenters. The Morgan fingerprint density at radius 2 is 2.04 bits per heavy atom. The predicted molar refractivity (Wildman–Crippen MR) is 98.6 cm³/mol. The summed E-state index contributed by atoms with van der Waals surface area (Å²) in [6.07, 6.45) is 4.33. The fraction of sp³-hybridized carbons (Fsp3) is 0.421. The van der Waals surface area contributed by atoms with Crippen molar-refractivity contribution in [3.8, 4) is 5.88 Å². The summed E-state index contributed by atoms with van der Waals surface area (Å²) in [5.74, 6) is 0.211. The van der Waals surface area contributed by atoms with Gasteiger partial charge in [0, 0.05) is 19.3 Å². The molecule has 6 nitrogen and oxygen atoms in total. The molecule has 2 aliphatic rings. The minimum atomic E-state index is -3.58. The molecular weight excluding hydrogens is 350 g/mol. The first-order chi connectivity index (χ1) is 12.6. The number of hydrogen-bond donors (Lipinski definition) is 1. The molecule has 1 atom stereocenters. The number of piperidine rings is 1. The molecule has 1 saturated heterocycles. The van der Waals surface area contributed by atoms with E-state index in [-0.39, 0.29) is 17.3 Å². The molecule has 1 spiro atoms. The lowest BCUT2D eigenvalue weighted by atomic mass is 9.92. The van der Waals surface area contributed by atoms with Crippen LogP contribution in [0.5, 0.6) is 5.88 Å². The highest BCUT2D eigenvalue weighted by molar-refractivity contribution is 7.89. The third kappa shape index (κ3) is 3.60. The molecular formula is C19H23N3O3S. The van der Waals surface area contributed by atoms with Crippen LogP contribution in [0, 0.1) is 0 Å². The Balaban J connectivity index is 1.51. The van der Waals surface area contributed by atoms with Crippen LogP contribution >= 0.6 is 0 Å². The lowest BCUT2D eigenvalue weighted by Gasteiger charge is -2.41. The zero-order valence-electron chi connectivity index (χ0n) is 14.6. The minimum absolute atomic E-state index is 0.123. The van der Waals surface area contributed by atoms with E-state index in [4.69, 9.17) is 4.74 Å². The van der Waals surface area contributed by atoms with Crippen molar-refractivity contribution in [2.24, 2.45) is 0 Å². The SMILES string of the molecule is O=S1(=O)NCC2(CCCN(CCc3ccccc3)C2)Oc2ncccc21. The van der Waals surface area contributed by atoms with Crippen LogP contribution in [-0.4, -0.2) is 50.1 Å². The van der Waals surface area contributed by atoms with Gasteiger partial charge in [0.15, 0.2) is 0 Å². The van der Waals surface area contributed by atoms with Crippen molar-refractivity contribution in [1.82, 2.24) is 14.6 Å². The van der Waals surface area contributed by atoms with Gasteiger partial charge >= 0.3 is 0 Å². The lowest BCUT2D eigenvalue weighted by Crippen LogP contribution is -2.57. The van der Waals surface area contributed by atoms with E-state index in [0.717, 1.165) is 32.4 Å². The van der Waals surface area contributed by atoms with E-state index in [1.807, 2.05) is 6.07 Å². The van der Waals surface area contributed by atoms with Gasteiger partial charge in [-0.1, -0.05) is 30.3 Å². The monoisotopic (exact) mass is 373 g/mol. The number of sulfonamides is 1. The summed E-state index contributed by atoms with van der Waals surface area (Å²) in [5.41, 5.74) is 0.739. The zero-order chi connectivity index (χ0) is 18.0. The zero-order valence-corrected chi connectivity index (χ0v) is 15.4. The molecule has 26 heavy (non-hydrogen) atoms. The molecule has 0 bridgehead atoms. The highest BCUT2D eigenvalue weighted by Crippen LogP contribution is 2.33. The summed E-state index contributed by atoms with van der Waals surface area (Å²) in [6, 6.07) is 13.6. The van der Waals surface area contributed by atoms with Crippen LogP contribution in [0.1, 0.15) is 18.4 Å². The summed E-state index contributed by atoms with van der Waals surface area (Å²) < 4.78 is 33.9. The Kier molecular flexibility index (Phi) is 4.69. The van der Waals surface area contributed by atoms with E-state index >= 15 is 0 Å². The van der Waals surface area contributed by atoms with Gasteiger partial charge in [-0.15, -0.1) is 0 Å². The van der Waals surface area contributed by atoms with Gasteiger partial charge in [-0.05, 0) is 43.5 Å². The molecule has 1 aromatic carbocycles. The number of aromatic nitrogens is 1. The van der Waals surface area contributed by atoms with Crippen LogP contribution in [0.4, 0.5) is 0 Å². The number of ether oxygens (including phenoxy) is 1. The van der Waals surface area contributed by atoms with Crippen molar-refractivity contribution in [1.29, 1.82) is 0 Å². The number of likely N-dealkylation sites (tertiary alicyclic amines) is 1. The second-order valence-electron chi connectivity index (χ2n) is 7.03. The number of rotatable bonds is 3. The van der Waals surface area contributed by atoms with Gasteiger partial charge in [0.1, 0.15) is 10.5 Å². The highest BCUT2D eigenvalue weighted by atomic mass is 32.2. The summed E-state index contributed by atoms with van der Waals surface area (Å²) in [7, 11) is -3.58. The van der Waals surface area contributed by atoms with Crippen LogP contribution in [-0.2, 0) is 16.4 Å². The number of fused-ring (bicyclic) bond motifs is 1. The van der Waals surface area contributed by atoms with Gasteiger partial charge in [0.25, 0.3) is 0 Å². The largest absolute Gasteiger partial charge is 0.467 e. The van der Waals surface area contributed by atoms with Crippen LogP contribution in [0.15, 0.2) is 53.6 Å². The van der Waals surface area contributed by atoms with Gasteiger partial charge < -0.3 is 4.74 Å². The Morgan fingerprint density at radius 1 is 1.19 bits per heavy atom. The molecule has 3 heterocycles. The summed E-state index contributed by atoms with van der Waals surface area (Å²) >= 11 is 0. The van der Waals surface area contributed by atoms with E-state index in [0.29, 0.717) is 6.54 Å². The van der Waals surface area contributed by atoms with Gasteiger partial charge in [0.05, 0.1) is 6.54 Å². The standard InChI is InChI=1S/C19H23N3O3S/c23-26(24)17-8-4-11-20-18(17)25-19(14-21-26)10-5-12-22(15-19)13-9-16-6-2-1-3-7-16/h1-4,6-8,11,21H,5,9-10,12-15H2. The van der Waals surface area contributed by atoms with Crippen molar-refractivity contribution in [3.63, 3.8) is 0 Å². The smallest absolute Gasteiger partial charge is 0.246 e. The molecule has 0 radical (unpaired) electrons. The number of nitrogens with one attached hydrogen (secondary N) is 1. The Labute approximate surface area is 154 Å². The van der Waals surface area contributed by atoms with Gasteiger partial charge in [-0.3, -0.25) is 4.90 Å². The van der Waals surface area contributed by atoms with Crippen LogP contribution in [0.2, 0.25) is 0 Å². The molecule has 7 heteroatoms. The predicted octanol–water partition coefficient (Wildman–Crippen LogP) is 1.83. The first-order valence-electron chi connectivity index (χ1n) is 8.96. The average molecular weight is 373 g/mol. The topological polar surface area (TPSA) is 71.5 Å². The van der Waals surface area contributed by atoms with Crippen molar-refractivity contribution < 1.29 is 13.2 Å². The first kappa shape index (κ1) is 17.5. The fourth-order valence-corrected chi connectivity index (χ4v) is 4.93. The van der Waals surface area contributed by atoms with E-state index in [1.165, 1.54) is 5.56 Å². The molecule has 4 rings (SSSR count). The molecule has 1 N–H and O–H groups in total. The number of pyridine rings is 1. The van der Waals surface area contributed by atoms with Gasteiger partial charge in [-0.2, -0.15) is 0 Å². The van der Waals surface area contributed by atoms with Crippen molar-refractivity contribution in [3.05, 3.63) is 54.2 Å². The van der Waals surface area contributed by atoms with Gasteiger partial charge in [-0.25, -0.2) is 18.1 Å². The van der Waals surface area contributed by atoms with Crippen molar-refractivity contribution >= 4 is 10.0 Å². The quantitative estimate of drug-likeness (QED) is 0.889. The molecule has 138 valence electrons. The summed E-state index contributed by atoms with van der Waals surface area (Å²) in [4.78, 5) is 6.67. The first-order valence-corrected chi connectivity index (χ1v) is 10.4. The molecule has 0 aliphatic carbocycles. The molecule has 1 aromatic heterocycles. The maximum absolute atomic E-state index is 12.5. The van der Waals surface area contributed by atoms with Crippen LogP contribution < -0.4 is 9.46 Å². The fourth-order valence-electron chi connectivity index (χ4n) is 3.74. The van der Waals surface area contributed by atoms with Gasteiger partial charge in [0.2, 0.25) is 15.9 Å². The lowest BCUT2D eigenvalue weighted by molar-refractivity contribution is -0.00735. The molecule has 0 amide bonds. The molecule has 2 aromatic rings. The number of hydrogen-bond acceptors (Lipinski definition) is 5. The second kappa shape index (κ2) is 6.98. The Hall–Kier alpha value is -1.96. The number of benzene rings is 1. The summed E-state index contributed by atoms with van der Waals surface area (Å²) in [5, 5.41) is 0. The third-order valence-corrected chi connectivity index (χ3v) is 6.52. The van der Waals surface area contributed by atoms with E-state index in [9.17, 15) is 8.42 Å². The molecule has 0 saturated carbocycles. The van der Waals surface area contributed by atoms with E-state index in [2.05, 4.69) is 38.9 Å².